The van der Waals surface area contributed by atoms with Crippen molar-refractivity contribution in [2.45, 2.75) is 19.3 Å². The van der Waals surface area contributed by atoms with Gasteiger partial charge in [-0.2, -0.15) is 0 Å². The molecule has 4 rings (SSSR count). The van der Waals surface area contributed by atoms with Gasteiger partial charge in [-0.1, -0.05) is 18.2 Å². The van der Waals surface area contributed by atoms with E-state index in [1.807, 2.05) is 36.4 Å². The van der Waals surface area contributed by atoms with Gasteiger partial charge in [0.25, 0.3) is 5.56 Å². The molecule has 1 aliphatic heterocycles. The number of amides is 1. The summed E-state index contributed by atoms with van der Waals surface area (Å²) in [6.45, 7) is 1.00. The van der Waals surface area contributed by atoms with Gasteiger partial charge in [0.15, 0.2) is 0 Å². The highest BCUT2D eigenvalue weighted by atomic mass is 16.1. The fourth-order valence-corrected chi connectivity index (χ4v) is 3.31. The lowest BCUT2D eigenvalue weighted by Gasteiger charge is -2.13. The zero-order valence-electron chi connectivity index (χ0n) is 14.6. The second-order valence-corrected chi connectivity index (χ2v) is 6.59. The van der Waals surface area contributed by atoms with Crippen LogP contribution >= 0.6 is 0 Å². The quantitative estimate of drug-likeness (QED) is 0.759. The van der Waals surface area contributed by atoms with E-state index in [2.05, 4.69) is 33.3 Å². The fourth-order valence-electron chi connectivity index (χ4n) is 3.31. The topological polar surface area (TPSA) is 78.1 Å². The van der Waals surface area contributed by atoms with E-state index in [4.69, 9.17) is 0 Å². The van der Waals surface area contributed by atoms with Crippen LogP contribution in [0, 0.1) is 0 Å². The molecule has 6 heteroatoms. The highest BCUT2D eigenvalue weighted by Gasteiger charge is 2.16. The zero-order valence-corrected chi connectivity index (χ0v) is 14.6. The molecule has 0 saturated carbocycles. The van der Waals surface area contributed by atoms with E-state index in [9.17, 15) is 9.59 Å². The average molecular weight is 348 g/mol. The van der Waals surface area contributed by atoms with Crippen LogP contribution in [0.1, 0.15) is 17.7 Å². The summed E-state index contributed by atoms with van der Waals surface area (Å²) in [7, 11) is 2.05. The average Bonchev–Trinajstić information content (AvgIpc) is 3.00. The lowest BCUT2D eigenvalue weighted by atomic mass is 10.1. The molecule has 26 heavy (non-hydrogen) atoms. The van der Waals surface area contributed by atoms with Crippen molar-refractivity contribution < 1.29 is 4.79 Å². The Labute approximate surface area is 150 Å². The van der Waals surface area contributed by atoms with E-state index < -0.39 is 0 Å². The number of rotatable bonds is 4. The largest absolute Gasteiger partial charge is 0.374 e. The maximum atomic E-state index is 12.3. The van der Waals surface area contributed by atoms with Gasteiger partial charge in [0, 0.05) is 37.8 Å². The predicted octanol–water partition coefficient (Wildman–Crippen LogP) is 2.49. The Balaban J connectivity index is 1.44. The summed E-state index contributed by atoms with van der Waals surface area (Å²) < 4.78 is 0. The number of carbonyl (C=O) groups excluding carboxylic acids is 1. The summed E-state index contributed by atoms with van der Waals surface area (Å²) in [4.78, 5) is 33.8. The first-order valence-corrected chi connectivity index (χ1v) is 8.72. The second kappa shape index (κ2) is 6.63. The lowest BCUT2D eigenvalue weighted by molar-refractivity contribution is -0.116. The fraction of sp³-hybridized carbons (Fsp3) is 0.250. The van der Waals surface area contributed by atoms with Gasteiger partial charge in [-0.15, -0.1) is 0 Å². The van der Waals surface area contributed by atoms with Crippen molar-refractivity contribution in [1.82, 2.24) is 9.97 Å². The van der Waals surface area contributed by atoms with Crippen LogP contribution in [-0.2, 0) is 17.6 Å². The molecule has 0 unspecified atom stereocenters. The molecule has 0 saturated heterocycles. The molecule has 0 bridgehead atoms. The van der Waals surface area contributed by atoms with Crippen LogP contribution in [-0.4, -0.2) is 29.5 Å². The van der Waals surface area contributed by atoms with Crippen LogP contribution in [0.15, 0.2) is 47.3 Å². The maximum Gasteiger partial charge on any atom is 0.270 e. The molecule has 0 fully saturated rings. The Morgan fingerprint density at radius 1 is 1.27 bits per heavy atom. The number of fused-ring (bicyclic) bond motifs is 2. The molecule has 2 heterocycles. The Hall–Kier alpha value is -3.15. The number of benzene rings is 2. The predicted molar refractivity (Wildman–Crippen MR) is 103 cm³/mol. The Morgan fingerprint density at radius 2 is 2.12 bits per heavy atom. The van der Waals surface area contributed by atoms with Gasteiger partial charge >= 0.3 is 0 Å². The highest BCUT2D eigenvalue weighted by Crippen LogP contribution is 2.29. The van der Waals surface area contributed by atoms with Gasteiger partial charge in [0.1, 0.15) is 5.69 Å². The van der Waals surface area contributed by atoms with E-state index in [1.165, 1.54) is 5.56 Å². The molecule has 1 aromatic heterocycles. The van der Waals surface area contributed by atoms with E-state index in [-0.39, 0.29) is 17.9 Å². The van der Waals surface area contributed by atoms with Crippen LogP contribution < -0.4 is 15.8 Å². The zero-order chi connectivity index (χ0) is 18.1. The number of para-hydroxylation sites is 2. The number of aromatic nitrogens is 2. The van der Waals surface area contributed by atoms with Gasteiger partial charge in [-0.3, -0.25) is 9.59 Å². The molecule has 1 amide bonds. The van der Waals surface area contributed by atoms with Crippen LogP contribution in [0.5, 0.6) is 0 Å². The molecule has 0 aliphatic carbocycles. The number of anilines is 2. The molecule has 132 valence electrons. The number of aryl methyl sites for hydroxylation is 1. The molecular formula is C20H20N4O2. The van der Waals surface area contributed by atoms with E-state index in [1.54, 1.807) is 0 Å². The maximum absolute atomic E-state index is 12.3. The van der Waals surface area contributed by atoms with Gasteiger partial charge in [0.05, 0.1) is 11.0 Å². The Kier molecular flexibility index (Phi) is 4.16. The van der Waals surface area contributed by atoms with Gasteiger partial charge < -0.3 is 15.2 Å². The number of aromatic amines is 1. The molecule has 3 aromatic rings. The number of hydrogen-bond acceptors (Lipinski definition) is 4. The monoisotopic (exact) mass is 348 g/mol. The van der Waals surface area contributed by atoms with E-state index >= 15 is 0 Å². The van der Waals surface area contributed by atoms with Gasteiger partial charge in [-0.05, 0) is 36.2 Å². The van der Waals surface area contributed by atoms with Crippen LogP contribution in [0.4, 0.5) is 11.4 Å². The van der Waals surface area contributed by atoms with Crippen LogP contribution in [0.3, 0.4) is 0 Å². The van der Waals surface area contributed by atoms with Crippen LogP contribution in [0.2, 0.25) is 0 Å². The number of likely N-dealkylation sites (N-methyl/N-ethyl adjacent to an activating group) is 1. The number of carbonyl (C=O) groups is 1. The van der Waals surface area contributed by atoms with E-state index in [0.29, 0.717) is 17.6 Å². The smallest absolute Gasteiger partial charge is 0.270 e. The second-order valence-electron chi connectivity index (χ2n) is 6.59. The first-order valence-electron chi connectivity index (χ1n) is 8.72. The van der Waals surface area contributed by atoms with Gasteiger partial charge in [-0.25, -0.2) is 4.98 Å². The Bertz CT molecular complexity index is 1040. The molecule has 1 aliphatic rings. The SMILES string of the molecule is CN1CCc2ccc(NC(=O)CCc3nc4ccccc4[nH]c3=O)cc21. The number of H-pyrrole nitrogens is 1. The minimum atomic E-state index is -0.240. The van der Waals surface area contributed by atoms with Crippen molar-refractivity contribution >= 4 is 28.3 Å². The standard InChI is InChI=1S/C20H20N4O2/c1-24-11-10-13-6-7-14(12-18(13)24)21-19(25)9-8-17-20(26)23-16-5-3-2-4-15(16)22-17/h2-7,12H,8-11H2,1H3,(H,21,25)(H,23,26). The summed E-state index contributed by atoms with van der Waals surface area (Å²) in [5.41, 5.74) is 4.82. The summed E-state index contributed by atoms with van der Waals surface area (Å²) in [6, 6.07) is 13.4. The summed E-state index contributed by atoms with van der Waals surface area (Å²) in [5, 5.41) is 2.91. The number of nitrogens with zero attached hydrogens (tertiary/aromatic N) is 2. The van der Waals surface area contributed by atoms with Crippen molar-refractivity contribution in [2.75, 3.05) is 23.8 Å². The molecule has 0 radical (unpaired) electrons. The third kappa shape index (κ3) is 3.18. The summed E-state index contributed by atoms with van der Waals surface area (Å²) >= 11 is 0. The van der Waals surface area contributed by atoms with Crippen molar-refractivity contribution in [3.8, 4) is 0 Å². The molecule has 6 nitrogen and oxygen atoms in total. The minimum absolute atomic E-state index is 0.125. The third-order valence-corrected chi connectivity index (χ3v) is 4.76. The van der Waals surface area contributed by atoms with Crippen molar-refractivity contribution in [3.63, 3.8) is 0 Å². The summed E-state index contributed by atoms with van der Waals surface area (Å²) in [6.07, 6.45) is 1.55. The van der Waals surface area contributed by atoms with E-state index in [0.717, 1.165) is 29.9 Å². The van der Waals surface area contributed by atoms with Gasteiger partial charge in [0.2, 0.25) is 5.91 Å². The third-order valence-electron chi connectivity index (χ3n) is 4.76. The molecule has 0 spiro atoms. The van der Waals surface area contributed by atoms with Crippen molar-refractivity contribution in [1.29, 1.82) is 0 Å². The minimum Gasteiger partial charge on any atom is -0.374 e. The molecule has 0 atom stereocenters. The first-order chi connectivity index (χ1) is 12.6. The van der Waals surface area contributed by atoms with Crippen LogP contribution in [0.25, 0.3) is 11.0 Å². The van der Waals surface area contributed by atoms with Crippen molar-refractivity contribution in [2.24, 2.45) is 0 Å². The number of hydrogen-bond donors (Lipinski definition) is 2. The Morgan fingerprint density at radius 3 is 3.00 bits per heavy atom. The normalized spacial score (nSPS) is 13.0. The molecule has 2 aromatic carbocycles. The highest BCUT2D eigenvalue weighted by molar-refractivity contribution is 5.91. The molecular weight excluding hydrogens is 328 g/mol. The van der Waals surface area contributed by atoms with Crippen molar-refractivity contribution in [3.05, 3.63) is 64.1 Å². The summed E-state index contributed by atoms with van der Waals surface area (Å²) in [5.74, 6) is -0.125. The molecule has 2 N–H and O–H groups in total. The number of nitrogens with one attached hydrogen (secondary N) is 2. The first kappa shape index (κ1) is 16.3. The lowest BCUT2D eigenvalue weighted by Crippen LogP contribution is -2.19.